The third-order valence-electron chi connectivity index (χ3n) is 4.73. The Morgan fingerprint density at radius 1 is 1.46 bits per heavy atom. The van der Waals surface area contributed by atoms with Crippen LogP contribution in [-0.2, 0) is 4.79 Å². The Bertz CT molecular complexity index is 282. The van der Waals surface area contributed by atoms with E-state index in [-0.39, 0.29) is 16.7 Å². The average molecular weight is 196 g/mol. The van der Waals surface area contributed by atoms with Crippen molar-refractivity contribution in [2.75, 3.05) is 0 Å². The summed E-state index contributed by atoms with van der Waals surface area (Å²) in [5.74, 6) is 0.561. The third kappa shape index (κ3) is 0.829. The zero-order valence-corrected chi connectivity index (χ0v) is 9.28. The van der Waals surface area contributed by atoms with Crippen molar-refractivity contribution in [1.82, 2.24) is 0 Å². The lowest BCUT2D eigenvalue weighted by Gasteiger charge is -2.34. The lowest BCUT2D eigenvalue weighted by Crippen LogP contribution is -2.32. The highest BCUT2D eigenvalue weighted by atomic mass is 32.1. The summed E-state index contributed by atoms with van der Waals surface area (Å²) in [4.78, 5) is 12.0. The lowest BCUT2D eigenvalue weighted by molar-refractivity contribution is -0.110. The second-order valence-electron chi connectivity index (χ2n) is 5.23. The van der Waals surface area contributed by atoms with Crippen molar-refractivity contribution < 1.29 is 4.79 Å². The number of rotatable bonds is 1. The summed E-state index contributed by atoms with van der Waals surface area (Å²) in [5.41, 5.74) is 0.369. The maximum atomic E-state index is 10.9. The summed E-state index contributed by atoms with van der Waals surface area (Å²) in [7, 11) is 0. The number of carbonyl (C=O) groups is 1. The van der Waals surface area contributed by atoms with Gasteiger partial charge >= 0.3 is 0 Å². The van der Waals surface area contributed by atoms with Gasteiger partial charge in [-0.2, -0.15) is 0 Å². The summed E-state index contributed by atoms with van der Waals surface area (Å²) >= 11 is 5.42. The van der Waals surface area contributed by atoms with Crippen LogP contribution in [-0.4, -0.2) is 11.2 Å². The molecule has 2 bridgehead atoms. The molecule has 0 aromatic carbocycles. The Kier molecular flexibility index (Phi) is 1.73. The first-order chi connectivity index (χ1) is 5.95. The maximum absolute atomic E-state index is 10.9. The van der Waals surface area contributed by atoms with E-state index in [2.05, 4.69) is 20.8 Å². The standard InChI is InChI=1S/C11H16OS/c1-10(2)8-4-5-11(10,3)9(13)7(8)6-12/h6-8H,4-5H2,1-3H3/t7?,8?,11-/m0/s1. The quantitative estimate of drug-likeness (QED) is 0.474. The van der Waals surface area contributed by atoms with Crippen LogP contribution in [0.1, 0.15) is 33.6 Å². The predicted octanol–water partition coefficient (Wildman–Crippen LogP) is 2.63. The zero-order valence-electron chi connectivity index (χ0n) is 8.46. The lowest BCUT2D eigenvalue weighted by atomic mass is 9.71. The highest BCUT2D eigenvalue weighted by Gasteiger charge is 2.63. The first-order valence-electron chi connectivity index (χ1n) is 4.95. The molecule has 0 heterocycles. The first-order valence-corrected chi connectivity index (χ1v) is 5.35. The van der Waals surface area contributed by atoms with Crippen LogP contribution >= 0.6 is 12.2 Å². The highest BCUT2D eigenvalue weighted by molar-refractivity contribution is 7.80. The van der Waals surface area contributed by atoms with Crippen molar-refractivity contribution in [2.24, 2.45) is 22.7 Å². The summed E-state index contributed by atoms with van der Waals surface area (Å²) in [6.45, 7) is 6.76. The van der Waals surface area contributed by atoms with Crippen LogP contribution in [0.2, 0.25) is 0 Å². The van der Waals surface area contributed by atoms with Gasteiger partial charge in [-0.05, 0) is 24.2 Å². The van der Waals surface area contributed by atoms with Crippen LogP contribution in [0.25, 0.3) is 0 Å². The van der Waals surface area contributed by atoms with Crippen molar-refractivity contribution in [3.8, 4) is 0 Å². The van der Waals surface area contributed by atoms with Gasteiger partial charge in [0.15, 0.2) is 0 Å². The number of hydrogen-bond donors (Lipinski definition) is 0. The van der Waals surface area contributed by atoms with Crippen LogP contribution in [0.5, 0.6) is 0 Å². The van der Waals surface area contributed by atoms with Crippen LogP contribution < -0.4 is 0 Å². The number of carbonyl (C=O) groups excluding carboxylic acids is 1. The van der Waals surface area contributed by atoms with Crippen molar-refractivity contribution >= 4 is 23.4 Å². The van der Waals surface area contributed by atoms with E-state index in [0.717, 1.165) is 11.2 Å². The summed E-state index contributed by atoms with van der Waals surface area (Å²) < 4.78 is 0. The van der Waals surface area contributed by atoms with Gasteiger partial charge < -0.3 is 4.79 Å². The van der Waals surface area contributed by atoms with Gasteiger partial charge in [0, 0.05) is 16.2 Å². The molecule has 72 valence electrons. The molecule has 2 aliphatic rings. The van der Waals surface area contributed by atoms with E-state index in [1.54, 1.807) is 0 Å². The molecule has 2 saturated carbocycles. The molecule has 0 aromatic heterocycles. The van der Waals surface area contributed by atoms with Gasteiger partial charge in [-0.15, -0.1) is 0 Å². The smallest absolute Gasteiger partial charge is 0.128 e. The molecule has 3 atom stereocenters. The second kappa shape index (κ2) is 2.41. The third-order valence-corrected chi connectivity index (χ3v) is 5.45. The zero-order chi connectivity index (χ0) is 9.85. The van der Waals surface area contributed by atoms with E-state index < -0.39 is 0 Å². The number of hydrogen-bond acceptors (Lipinski definition) is 2. The average Bonchev–Trinajstić information content (AvgIpc) is 2.36. The Labute approximate surface area is 84.9 Å². The number of aldehydes is 1. The van der Waals surface area contributed by atoms with Crippen molar-refractivity contribution in [3.05, 3.63) is 0 Å². The molecule has 0 saturated heterocycles. The molecular weight excluding hydrogens is 180 g/mol. The van der Waals surface area contributed by atoms with E-state index in [9.17, 15) is 4.79 Å². The molecule has 2 heteroatoms. The second-order valence-corrected chi connectivity index (χ2v) is 5.66. The van der Waals surface area contributed by atoms with Gasteiger partial charge in [0.1, 0.15) is 6.29 Å². The van der Waals surface area contributed by atoms with Gasteiger partial charge in [-0.1, -0.05) is 33.0 Å². The molecule has 0 aromatic rings. The van der Waals surface area contributed by atoms with Crippen molar-refractivity contribution in [2.45, 2.75) is 33.6 Å². The number of fused-ring (bicyclic) bond motifs is 2. The molecule has 2 rings (SSSR count). The van der Waals surface area contributed by atoms with Gasteiger partial charge in [-0.25, -0.2) is 0 Å². The minimum absolute atomic E-state index is 0.0590. The molecule has 2 unspecified atom stereocenters. The van der Waals surface area contributed by atoms with Gasteiger partial charge in [-0.3, -0.25) is 0 Å². The fraction of sp³-hybridized carbons (Fsp3) is 0.818. The fourth-order valence-electron chi connectivity index (χ4n) is 3.31. The highest BCUT2D eigenvalue weighted by Crippen LogP contribution is 2.65. The molecule has 0 aliphatic heterocycles. The Hall–Kier alpha value is -0.240. The van der Waals surface area contributed by atoms with Crippen molar-refractivity contribution in [3.63, 3.8) is 0 Å². The monoisotopic (exact) mass is 196 g/mol. The molecule has 0 radical (unpaired) electrons. The Balaban J connectivity index is 2.50. The van der Waals surface area contributed by atoms with Crippen LogP contribution in [0, 0.1) is 22.7 Å². The molecule has 2 aliphatic carbocycles. The van der Waals surface area contributed by atoms with E-state index in [1.807, 2.05) is 0 Å². The summed E-state index contributed by atoms with van der Waals surface area (Å²) in [5, 5.41) is 0. The largest absolute Gasteiger partial charge is 0.303 e. The fourth-order valence-corrected chi connectivity index (χ4v) is 3.90. The SMILES string of the molecule is CC1(C)C2CC[C@@]1(C)C(=S)C2C=O. The first kappa shape index (κ1) is 9.32. The van der Waals surface area contributed by atoms with E-state index in [0.29, 0.717) is 5.92 Å². The Morgan fingerprint density at radius 2 is 2.08 bits per heavy atom. The maximum Gasteiger partial charge on any atom is 0.128 e. The van der Waals surface area contributed by atoms with Crippen LogP contribution in [0.3, 0.4) is 0 Å². The molecular formula is C11H16OS. The van der Waals surface area contributed by atoms with Crippen molar-refractivity contribution in [1.29, 1.82) is 0 Å². The molecule has 0 N–H and O–H groups in total. The van der Waals surface area contributed by atoms with Gasteiger partial charge in [0.2, 0.25) is 0 Å². The Morgan fingerprint density at radius 3 is 2.38 bits per heavy atom. The predicted molar refractivity (Wildman–Crippen MR) is 56.8 cm³/mol. The van der Waals surface area contributed by atoms with Gasteiger partial charge in [0.05, 0.1) is 0 Å². The van der Waals surface area contributed by atoms with Crippen LogP contribution in [0.15, 0.2) is 0 Å². The van der Waals surface area contributed by atoms with E-state index in [4.69, 9.17) is 12.2 Å². The van der Waals surface area contributed by atoms with Crippen LogP contribution in [0.4, 0.5) is 0 Å². The molecule has 0 amide bonds. The molecule has 1 nitrogen and oxygen atoms in total. The summed E-state index contributed by atoms with van der Waals surface area (Å²) in [6.07, 6.45) is 3.42. The molecule has 13 heavy (non-hydrogen) atoms. The summed E-state index contributed by atoms with van der Waals surface area (Å²) in [6, 6.07) is 0. The topological polar surface area (TPSA) is 17.1 Å². The van der Waals surface area contributed by atoms with E-state index >= 15 is 0 Å². The molecule has 0 spiro atoms. The number of thiocarbonyl (C=S) groups is 1. The molecule has 2 fully saturated rings. The minimum Gasteiger partial charge on any atom is -0.303 e. The van der Waals surface area contributed by atoms with Gasteiger partial charge in [0.25, 0.3) is 0 Å². The normalized spacial score (nSPS) is 46.8. The minimum atomic E-state index is 0.0590. The van der Waals surface area contributed by atoms with E-state index in [1.165, 1.54) is 12.8 Å².